The monoisotopic (exact) mass is 308 g/mol. The summed E-state index contributed by atoms with van der Waals surface area (Å²) < 4.78 is 19.5. The maximum absolute atomic E-state index is 13.8. The molecule has 1 aliphatic heterocycles. The Labute approximate surface area is 133 Å². The molecule has 1 aliphatic rings. The Hall–Kier alpha value is -1.13. The highest BCUT2D eigenvalue weighted by molar-refractivity contribution is 5.38. The molecule has 2 unspecified atom stereocenters. The Kier molecular flexibility index (Phi) is 6.65. The molecule has 4 heteroatoms. The fourth-order valence-corrected chi connectivity index (χ4v) is 3.62. The maximum atomic E-state index is 13.8. The molecule has 0 aromatic heterocycles. The van der Waals surface area contributed by atoms with Crippen LogP contribution in [0.2, 0.25) is 0 Å². The largest absolute Gasteiger partial charge is 0.494 e. The zero-order valence-electron chi connectivity index (χ0n) is 13.9. The summed E-state index contributed by atoms with van der Waals surface area (Å²) in [5.74, 6) is 0.695. The van der Waals surface area contributed by atoms with E-state index in [0.29, 0.717) is 19.2 Å². The van der Waals surface area contributed by atoms with E-state index in [1.165, 1.54) is 18.9 Å². The van der Waals surface area contributed by atoms with Gasteiger partial charge in [-0.3, -0.25) is 4.90 Å². The van der Waals surface area contributed by atoms with Gasteiger partial charge < -0.3 is 10.5 Å². The molecule has 1 saturated heterocycles. The summed E-state index contributed by atoms with van der Waals surface area (Å²) in [4.78, 5) is 2.53. The number of nitrogens with zero attached hydrogens (tertiary/aromatic N) is 1. The lowest BCUT2D eigenvalue weighted by Crippen LogP contribution is -2.45. The third-order valence-electron chi connectivity index (χ3n) is 4.56. The molecule has 1 heterocycles. The molecular formula is C18H29FN2O. The van der Waals surface area contributed by atoms with Gasteiger partial charge >= 0.3 is 0 Å². The van der Waals surface area contributed by atoms with Gasteiger partial charge in [-0.05, 0) is 57.5 Å². The van der Waals surface area contributed by atoms with Crippen LogP contribution >= 0.6 is 0 Å². The van der Waals surface area contributed by atoms with Gasteiger partial charge in [-0.1, -0.05) is 13.3 Å². The maximum Gasteiger partial charge on any atom is 0.123 e. The Morgan fingerprint density at radius 2 is 2.18 bits per heavy atom. The normalized spacial score (nSPS) is 20.8. The van der Waals surface area contributed by atoms with E-state index in [2.05, 4.69) is 11.8 Å². The molecule has 3 nitrogen and oxygen atoms in total. The molecule has 1 fully saturated rings. The summed E-state index contributed by atoms with van der Waals surface area (Å²) >= 11 is 0. The Balaban J connectivity index is 2.31. The van der Waals surface area contributed by atoms with E-state index in [1.807, 2.05) is 6.92 Å². The molecule has 2 atom stereocenters. The number of nitrogens with two attached hydrogens (primary N) is 1. The zero-order chi connectivity index (χ0) is 15.9. The van der Waals surface area contributed by atoms with E-state index in [-0.39, 0.29) is 11.7 Å². The topological polar surface area (TPSA) is 38.5 Å². The summed E-state index contributed by atoms with van der Waals surface area (Å²) in [5.41, 5.74) is 7.03. The minimum absolute atomic E-state index is 0.129. The van der Waals surface area contributed by atoms with Crippen LogP contribution in [-0.2, 0) is 0 Å². The van der Waals surface area contributed by atoms with E-state index in [0.717, 1.165) is 37.2 Å². The molecule has 1 aromatic carbocycles. The molecule has 22 heavy (non-hydrogen) atoms. The zero-order valence-corrected chi connectivity index (χ0v) is 13.9. The summed E-state index contributed by atoms with van der Waals surface area (Å²) in [5, 5.41) is 0. The fraction of sp³-hybridized carbons (Fsp3) is 0.667. The third-order valence-corrected chi connectivity index (χ3v) is 4.56. The van der Waals surface area contributed by atoms with Crippen molar-refractivity contribution in [2.24, 2.45) is 5.73 Å². The lowest BCUT2D eigenvalue weighted by molar-refractivity contribution is 0.125. The van der Waals surface area contributed by atoms with Gasteiger partial charge in [-0.15, -0.1) is 0 Å². The van der Waals surface area contributed by atoms with Gasteiger partial charge in [0.25, 0.3) is 0 Å². The highest BCUT2D eigenvalue weighted by Gasteiger charge is 2.31. The van der Waals surface area contributed by atoms with Crippen molar-refractivity contribution in [1.82, 2.24) is 4.90 Å². The van der Waals surface area contributed by atoms with Crippen LogP contribution in [0.5, 0.6) is 5.75 Å². The molecule has 0 radical (unpaired) electrons. The van der Waals surface area contributed by atoms with Crippen LogP contribution in [0.15, 0.2) is 18.2 Å². The van der Waals surface area contributed by atoms with Gasteiger partial charge in [0.05, 0.1) is 6.61 Å². The summed E-state index contributed by atoms with van der Waals surface area (Å²) in [7, 11) is 0. The van der Waals surface area contributed by atoms with Gasteiger partial charge in [0.15, 0.2) is 0 Å². The molecule has 0 saturated carbocycles. The van der Waals surface area contributed by atoms with Crippen LogP contribution in [0.1, 0.15) is 51.0 Å². The minimum Gasteiger partial charge on any atom is -0.494 e. The second kappa shape index (κ2) is 8.49. The average molecular weight is 308 g/mol. The van der Waals surface area contributed by atoms with Crippen LogP contribution in [0.3, 0.4) is 0 Å². The van der Waals surface area contributed by atoms with Gasteiger partial charge in [0.2, 0.25) is 0 Å². The number of hydrogen-bond acceptors (Lipinski definition) is 3. The van der Waals surface area contributed by atoms with Crippen molar-refractivity contribution >= 4 is 0 Å². The van der Waals surface area contributed by atoms with E-state index >= 15 is 0 Å². The van der Waals surface area contributed by atoms with Crippen molar-refractivity contribution < 1.29 is 9.13 Å². The van der Waals surface area contributed by atoms with Gasteiger partial charge in [-0.25, -0.2) is 4.39 Å². The predicted octanol–water partition coefficient (Wildman–Crippen LogP) is 3.53. The first-order valence-electron chi connectivity index (χ1n) is 8.57. The van der Waals surface area contributed by atoms with Crippen LogP contribution in [0, 0.1) is 5.82 Å². The molecule has 124 valence electrons. The lowest BCUT2D eigenvalue weighted by Gasteiger charge is -2.40. The first-order chi connectivity index (χ1) is 10.7. The molecule has 0 amide bonds. The first kappa shape index (κ1) is 17.2. The van der Waals surface area contributed by atoms with Crippen molar-refractivity contribution in [2.75, 3.05) is 26.2 Å². The average Bonchev–Trinajstić information content (AvgIpc) is 2.52. The smallest absolute Gasteiger partial charge is 0.123 e. The van der Waals surface area contributed by atoms with Gasteiger partial charge in [0.1, 0.15) is 11.6 Å². The van der Waals surface area contributed by atoms with E-state index < -0.39 is 0 Å². The Bertz CT molecular complexity index is 464. The van der Waals surface area contributed by atoms with Crippen molar-refractivity contribution in [3.63, 3.8) is 0 Å². The van der Waals surface area contributed by atoms with Crippen molar-refractivity contribution in [3.05, 3.63) is 29.6 Å². The molecule has 0 aliphatic carbocycles. The predicted molar refractivity (Wildman–Crippen MR) is 88.9 cm³/mol. The first-order valence-corrected chi connectivity index (χ1v) is 8.57. The molecule has 2 rings (SSSR count). The van der Waals surface area contributed by atoms with Crippen LogP contribution in [0.25, 0.3) is 0 Å². The SMILES string of the molecule is CCCN1CCCCC1C(CN)c1cc(F)ccc1OCC. The van der Waals surface area contributed by atoms with E-state index in [1.54, 1.807) is 12.1 Å². The second-order valence-corrected chi connectivity index (χ2v) is 6.06. The van der Waals surface area contributed by atoms with E-state index in [9.17, 15) is 4.39 Å². The Morgan fingerprint density at radius 3 is 2.86 bits per heavy atom. The van der Waals surface area contributed by atoms with Gasteiger partial charge in [-0.2, -0.15) is 0 Å². The summed E-state index contributed by atoms with van der Waals surface area (Å²) in [6.07, 6.45) is 4.73. The minimum atomic E-state index is -0.213. The number of ether oxygens (including phenoxy) is 1. The molecule has 1 aromatic rings. The number of rotatable bonds is 7. The number of likely N-dealkylation sites (tertiary alicyclic amines) is 1. The number of piperidine rings is 1. The highest BCUT2D eigenvalue weighted by atomic mass is 19.1. The summed E-state index contributed by atoms with van der Waals surface area (Å²) in [6, 6.07) is 5.21. The van der Waals surface area contributed by atoms with Crippen LogP contribution in [-0.4, -0.2) is 37.2 Å². The van der Waals surface area contributed by atoms with Gasteiger partial charge in [0, 0.05) is 24.1 Å². The number of halogens is 1. The quantitative estimate of drug-likeness (QED) is 0.837. The second-order valence-electron chi connectivity index (χ2n) is 6.06. The summed E-state index contributed by atoms with van der Waals surface area (Å²) in [6.45, 7) is 7.47. The van der Waals surface area contributed by atoms with E-state index in [4.69, 9.17) is 10.5 Å². The fourth-order valence-electron chi connectivity index (χ4n) is 3.62. The van der Waals surface area contributed by atoms with Crippen molar-refractivity contribution in [3.8, 4) is 5.75 Å². The van der Waals surface area contributed by atoms with Crippen molar-refractivity contribution in [2.45, 2.75) is 51.5 Å². The van der Waals surface area contributed by atoms with Crippen LogP contribution in [0.4, 0.5) is 4.39 Å². The molecule has 2 N–H and O–H groups in total. The Morgan fingerprint density at radius 1 is 1.36 bits per heavy atom. The van der Waals surface area contributed by atoms with Crippen molar-refractivity contribution in [1.29, 1.82) is 0 Å². The van der Waals surface area contributed by atoms with Crippen LogP contribution < -0.4 is 10.5 Å². The molecule has 0 bridgehead atoms. The lowest BCUT2D eigenvalue weighted by atomic mass is 9.84. The number of benzene rings is 1. The third kappa shape index (κ3) is 3.99. The highest BCUT2D eigenvalue weighted by Crippen LogP contribution is 2.35. The standard InChI is InChI=1S/C18H29FN2O/c1-3-10-21-11-6-5-7-17(21)16(13-20)15-12-14(19)8-9-18(15)22-4-2/h8-9,12,16-17H,3-7,10-11,13,20H2,1-2H3. The molecular weight excluding hydrogens is 279 g/mol. The molecule has 0 spiro atoms. The number of hydrogen-bond donors (Lipinski definition) is 1.